The SMILES string of the molecule is Cc1[nH]nc2ncc(C(=O)N3CCCCCO3)cc12. The van der Waals surface area contributed by atoms with Crippen molar-refractivity contribution in [1.29, 1.82) is 0 Å². The number of hydrogen-bond donors (Lipinski definition) is 1. The maximum Gasteiger partial charge on any atom is 0.279 e. The largest absolute Gasteiger partial charge is 0.280 e. The Labute approximate surface area is 110 Å². The molecule has 0 atom stereocenters. The van der Waals surface area contributed by atoms with Crippen molar-refractivity contribution in [2.24, 2.45) is 0 Å². The molecule has 0 radical (unpaired) electrons. The highest BCUT2D eigenvalue weighted by Crippen LogP contribution is 2.17. The van der Waals surface area contributed by atoms with Crippen molar-refractivity contribution in [3.05, 3.63) is 23.5 Å². The highest BCUT2D eigenvalue weighted by Gasteiger charge is 2.19. The number of fused-ring (bicyclic) bond motifs is 1. The smallest absolute Gasteiger partial charge is 0.279 e. The summed E-state index contributed by atoms with van der Waals surface area (Å²) in [5, 5.41) is 9.24. The molecule has 0 saturated carbocycles. The van der Waals surface area contributed by atoms with E-state index in [9.17, 15) is 4.79 Å². The van der Waals surface area contributed by atoms with Crippen LogP contribution in [-0.4, -0.2) is 39.3 Å². The number of carbonyl (C=O) groups excluding carboxylic acids is 1. The molecule has 1 fully saturated rings. The molecule has 1 amide bonds. The zero-order chi connectivity index (χ0) is 13.2. The Morgan fingerprint density at radius 2 is 2.32 bits per heavy atom. The monoisotopic (exact) mass is 260 g/mol. The van der Waals surface area contributed by atoms with Crippen LogP contribution in [-0.2, 0) is 4.84 Å². The lowest BCUT2D eigenvalue weighted by Gasteiger charge is -2.18. The molecule has 0 unspecified atom stereocenters. The first-order valence-electron chi connectivity index (χ1n) is 6.51. The van der Waals surface area contributed by atoms with E-state index in [0.717, 1.165) is 30.3 Å². The van der Waals surface area contributed by atoms with Gasteiger partial charge in [0.15, 0.2) is 5.65 Å². The molecular weight excluding hydrogens is 244 g/mol. The fraction of sp³-hybridized carbons (Fsp3) is 0.462. The molecular formula is C13H16N4O2. The van der Waals surface area contributed by atoms with Crippen molar-refractivity contribution in [3.63, 3.8) is 0 Å². The number of amides is 1. The van der Waals surface area contributed by atoms with Gasteiger partial charge in [0.1, 0.15) is 0 Å². The third kappa shape index (κ3) is 2.31. The summed E-state index contributed by atoms with van der Waals surface area (Å²) < 4.78 is 0. The van der Waals surface area contributed by atoms with E-state index in [2.05, 4.69) is 15.2 Å². The first-order valence-corrected chi connectivity index (χ1v) is 6.51. The van der Waals surface area contributed by atoms with Crippen LogP contribution in [0.5, 0.6) is 0 Å². The summed E-state index contributed by atoms with van der Waals surface area (Å²) in [4.78, 5) is 22.0. The Hall–Kier alpha value is -1.95. The third-order valence-electron chi connectivity index (χ3n) is 3.33. The van der Waals surface area contributed by atoms with Gasteiger partial charge in [0.2, 0.25) is 0 Å². The average Bonchev–Trinajstić information content (AvgIpc) is 2.67. The number of nitrogens with one attached hydrogen (secondary N) is 1. The average molecular weight is 260 g/mol. The molecule has 2 aromatic heterocycles. The van der Waals surface area contributed by atoms with Crippen molar-refractivity contribution >= 4 is 16.9 Å². The number of aryl methyl sites for hydroxylation is 1. The molecule has 19 heavy (non-hydrogen) atoms. The summed E-state index contributed by atoms with van der Waals surface area (Å²) in [6.45, 7) is 3.15. The maximum atomic E-state index is 12.4. The fourth-order valence-corrected chi connectivity index (χ4v) is 2.21. The predicted molar refractivity (Wildman–Crippen MR) is 69.5 cm³/mol. The number of carbonyl (C=O) groups is 1. The van der Waals surface area contributed by atoms with E-state index in [1.165, 1.54) is 5.06 Å². The summed E-state index contributed by atoms with van der Waals surface area (Å²) in [5.41, 5.74) is 2.08. The van der Waals surface area contributed by atoms with Crippen LogP contribution in [0.25, 0.3) is 11.0 Å². The Morgan fingerprint density at radius 3 is 3.21 bits per heavy atom. The summed E-state index contributed by atoms with van der Waals surface area (Å²) in [7, 11) is 0. The lowest BCUT2D eigenvalue weighted by molar-refractivity contribution is -0.115. The summed E-state index contributed by atoms with van der Waals surface area (Å²) >= 11 is 0. The van der Waals surface area contributed by atoms with E-state index < -0.39 is 0 Å². The van der Waals surface area contributed by atoms with Crippen LogP contribution in [0.2, 0.25) is 0 Å². The highest BCUT2D eigenvalue weighted by molar-refractivity contribution is 5.96. The van der Waals surface area contributed by atoms with E-state index >= 15 is 0 Å². The minimum Gasteiger partial charge on any atom is -0.280 e. The number of rotatable bonds is 1. The van der Waals surface area contributed by atoms with Crippen LogP contribution in [0.1, 0.15) is 35.3 Å². The van der Waals surface area contributed by atoms with Crippen molar-refractivity contribution < 1.29 is 9.63 Å². The van der Waals surface area contributed by atoms with E-state index in [1.54, 1.807) is 6.20 Å². The molecule has 0 bridgehead atoms. The number of hydroxylamine groups is 2. The van der Waals surface area contributed by atoms with Crippen molar-refractivity contribution in [2.45, 2.75) is 26.2 Å². The number of aromatic nitrogens is 3. The third-order valence-corrected chi connectivity index (χ3v) is 3.33. The molecule has 100 valence electrons. The van der Waals surface area contributed by atoms with Crippen molar-refractivity contribution in [1.82, 2.24) is 20.2 Å². The first-order chi connectivity index (χ1) is 9.25. The normalized spacial score (nSPS) is 16.6. The molecule has 0 spiro atoms. The maximum absolute atomic E-state index is 12.4. The van der Waals surface area contributed by atoms with Gasteiger partial charge in [0, 0.05) is 23.8 Å². The second kappa shape index (κ2) is 4.97. The molecule has 0 aliphatic carbocycles. The van der Waals surface area contributed by atoms with Crippen molar-refractivity contribution in [2.75, 3.05) is 13.2 Å². The molecule has 2 aromatic rings. The van der Waals surface area contributed by atoms with Gasteiger partial charge >= 0.3 is 0 Å². The molecule has 1 saturated heterocycles. The first kappa shape index (κ1) is 12.1. The molecule has 3 rings (SSSR count). The van der Waals surface area contributed by atoms with Gasteiger partial charge in [-0.15, -0.1) is 0 Å². The summed E-state index contributed by atoms with van der Waals surface area (Å²) in [6, 6.07) is 1.82. The minimum absolute atomic E-state index is 0.128. The lowest BCUT2D eigenvalue weighted by atomic mass is 10.2. The topological polar surface area (TPSA) is 71.1 Å². The van der Waals surface area contributed by atoms with Gasteiger partial charge in [0.25, 0.3) is 5.91 Å². The van der Waals surface area contributed by atoms with Crippen LogP contribution in [0.4, 0.5) is 0 Å². The second-order valence-corrected chi connectivity index (χ2v) is 4.74. The molecule has 1 N–H and O–H groups in total. The number of aromatic amines is 1. The number of H-pyrrole nitrogens is 1. The highest BCUT2D eigenvalue weighted by atomic mass is 16.7. The van der Waals surface area contributed by atoms with E-state index in [-0.39, 0.29) is 5.91 Å². The molecule has 3 heterocycles. The van der Waals surface area contributed by atoms with Gasteiger partial charge in [-0.3, -0.25) is 14.7 Å². The molecule has 6 heteroatoms. The minimum atomic E-state index is -0.128. The molecule has 0 aromatic carbocycles. The van der Waals surface area contributed by atoms with E-state index in [4.69, 9.17) is 4.84 Å². The predicted octanol–water partition coefficient (Wildman–Crippen LogP) is 1.82. The van der Waals surface area contributed by atoms with E-state index in [0.29, 0.717) is 24.4 Å². The van der Waals surface area contributed by atoms with E-state index in [1.807, 2.05) is 13.0 Å². The summed E-state index contributed by atoms with van der Waals surface area (Å²) in [5.74, 6) is -0.128. The van der Waals surface area contributed by atoms with Gasteiger partial charge < -0.3 is 0 Å². The zero-order valence-corrected chi connectivity index (χ0v) is 10.8. The Kier molecular flexibility index (Phi) is 3.16. The second-order valence-electron chi connectivity index (χ2n) is 4.74. The van der Waals surface area contributed by atoms with Crippen LogP contribution in [0, 0.1) is 6.92 Å². The molecule has 6 nitrogen and oxygen atoms in total. The van der Waals surface area contributed by atoms with Crippen LogP contribution >= 0.6 is 0 Å². The zero-order valence-electron chi connectivity index (χ0n) is 10.8. The van der Waals surface area contributed by atoms with Crippen LogP contribution in [0.3, 0.4) is 0 Å². The standard InChI is InChI=1S/C13H16N4O2/c1-9-11-7-10(8-14-12(11)16-15-9)13(18)17-5-3-2-4-6-19-17/h7-8H,2-6H2,1H3,(H,14,15,16). The number of nitrogens with zero attached hydrogens (tertiary/aromatic N) is 3. The fourth-order valence-electron chi connectivity index (χ4n) is 2.21. The Bertz CT molecular complexity index is 600. The Morgan fingerprint density at radius 1 is 1.42 bits per heavy atom. The van der Waals surface area contributed by atoms with Gasteiger partial charge in [-0.05, 0) is 32.3 Å². The lowest BCUT2D eigenvalue weighted by Crippen LogP contribution is -2.31. The van der Waals surface area contributed by atoms with Gasteiger partial charge in [-0.25, -0.2) is 10.0 Å². The van der Waals surface area contributed by atoms with Crippen LogP contribution in [0.15, 0.2) is 12.3 Å². The number of pyridine rings is 1. The van der Waals surface area contributed by atoms with Gasteiger partial charge in [-0.1, -0.05) is 0 Å². The number of hydrogen-bond acceptors (Lipinski definition) is 4. The van der Waals surface area contributed by atoms with Crippen LogP contribution < -0.4 is 0 Å². The van der Waals surface area contributed by atoms with Gasteiger partial charge in [0.05, 0.1) is 12.2 Å². The Balaban J connectivity index is 1.89. The quantitative estimate of drug-likeness (QED) is 0.849. The molecule has 1 aliphatic rings. The van der Waals surface area contributed by atoms with Gasteiger partial charge in [-0.2, -0.15) is 5.10 Å². The van der Waals surface area contributed by atoms with Crippen molar-refractivity contribution in [3.8, 4) is 0 Å². The summed E-state index contributed by atoms with van der Waals surface area (Å²) in [6.07, 6.45) is 4.63. The molecule has 1 aliphatic heterocycles.